The number of nitrogens with zero attached hydrogens (tertiary/aromatic N) is 1. The van der Waals surface area contributed by atoms with Gasteiger partial charge in [0.05, 0.1) is 18.1 Å². The lowest BCUT2D eigenvalue weighted by atomic mass is 10.0. The fourth-order valence-corrected chi connectivity index (χ4v) is 4.72. The number of hydrogen-bond donors (Lipinski definition) is 1. The number of hydrogen-bond acceptors (Lipinski definition) is 5. The van der Waals surface area contributed by atoms with Crippen molar-refractivity contribution in [3.05, 3.63) is 48.2 Å². The molecule has 0 atom stereocenters. The maximum Gasteiger partial charge on any atom is 0.264 e. The van der Waals surface area contributed by atoms with Gasteiger partial charge in [0, 0.05) is 17.3 Å². The van der Waals surface area contributed by atoms with Crippen LogP contribution in [0, 0.1) is 0 Å². The molecule has 1 fully saturated rings. The molecule has 0 radical (unpaired) electrons. The minimum Gasteiger partial charge on any atom is -0.496 e. The van der Waals surface area contributed by atoms with Gasteiger partial charge < -0.3 is 4.74 Å². The number of pyridine rings is 1. The fraction of sp³-hybridized carbons (Fsp3) is 0.368. The fourth-order valence-electron chi connectivity index (χ4n) is 3.22. The molecule has 6 nitrogen and oxygen atoms in total. The van der Waals surface area contributed by atoms with Gasteiger partial charge in [-0.05, 0) is 43.2 Å². The number of carbonyl (C=O) groups is 1. The molecule has 1 saturated carbocycles. The number of aromatic nitrogens is 1. The second-order valence-electron chi connectivity index (χ2n) is 6.37. The first-order valence-electron chi connectivity index (χ1n) is 8.66. The molecule has 1 heterocycles. The number of benzene rings is 1. The molecule has 26 heavy (non-hydrogen) atoms. The lowest BCUT2D eigenvalue weighted by molar-refractivity contribution is 0.0981. The van der Waals surface area contributed by atoms with Gasteiger partial charge in [-0.1, -0.05) is 25.3 Å². The summed E-state index contributed by atoms with van der Waals surface area (Å²) in [7, 11) is -2.13. The number of carbonyl (C=O) groups excluding carboxylic acids is 1. The second kappa shape index (κ2) is 7.86. The lowest BCUT2D eigenvalue weighted by Crippen LogP contribution is -2.39. The van der Waals surface area contributed by atoms with E-state index in [0.717, 1.165) is 19.3 Å². The van der Waals surface area contributed by atoms with E-state index in [4.69, 9.17) is 4.74 Å². The van der Waals surface area contributed by atoms with Gasteiger partial charge in [0.2, 0.25) is 10.0 Å². The number of nitrogens with one attached hydrogen (secondary N) is 1. The molecular formula is C19H22N2O4S. The highest BCUT2D eigenvalue weighted by Gasteiger charge is 2.29. The highest BCUT2D eigenvalue weighted by molar-refractivity contribution is 7.90. The molecule has 1 amide bonds. The third-order valence-electron chi connectivity index (χ3n) is 4.63. The summed E-state index contributed by atoms with van der Waals surface area (Å²) < 4.78 is 32.5. The summed E-state index contributed by atoms with van der Waals surface area (Å²) in [5.74, 6) is -0.0641. The number of rotatable bonds is 5. The second-order valence-corrected chi connectivity index (χ2v) is 8.33. The number of ether oxygens (including phenoxy) is 1. The summed E-state index contributed by atoms with van der Waals surface area (Å²) in [5.41, 5.74) is 1.54. The Hall–Kier alpha value is -2.41. The van der Waals surface area contributed by atoms with Crippen molar-refractivity contribution in [3.8, 4) is 17.0 Å². The van der Waals surface area contributed by atoms with Crippen molar-refractivity contribution in [3.63, 3.8) is 0 Å². The van der Waals surface area contributed by atoms with Crippen LogP contribution in [-0.4, -0.2) is 31.7 Å². The summed E-state index contributed by atoms with van der Waals surface area (Å²) in [5, 5.41) is -0.492. The van der Waals surface area contributed by atoms with Gasteiger partial charge in [-0.3, -0.25) is 9.78 Å². The molecule has 0 saturated heterocycles. The largest absolute Gasteiger partial charge is 0.496 e. The zero-order valence-electron chi connectivity index (χ0n) is 14.6. The number of methoxy groups -OCH3 is 1. The molecule has 0 aliphatic heterocycles. The van der Waals surface area contributed by atoms with Gasteiger partial charge in [0.1, 0.15) is 5.75 Å². The Bertz CT molecular complexity index is 876. The maximum atomic E-state index is 12.5. The third-order valence-corrected chi connectivity index (χ3v) is 6.45. The average Bonchev–Trinajstić information content (AvgIpc) is 2.68. The average molecular weight is 374 g/mol. The van der Waals surface area contributed by atoms with Crippen molar-refractivity contribution in [1.82, 2.24) is 9.71 Å². The van der Waals surface area contributed by atoms with Crippen LogP contribution < -0.4 is 9.46 Å². The molecule has 7 heteroatoms. The smallest absolute Gasteiger partial charge is 0.264 e. The molecule has 1 aliphatic carbocycles. The van der Waals surface area contributed by atoms with E-state index in [1.165, 1.54) is 7.11 Å². The van der Waals surface area contributed by atoms with Crippen molar-refractivity contribution >= 4 is 15.9 Å². The van der Waals surface area contributed by atoms with E-state index in [1.54, 1.807) is 36.5 Å². The number of sulfonamides is 1. The van der Waals surface area contributed by atoms with Crippen molar-refractivity contribution in [2.45, 2.75) is 37.4 Å². The van der Waals surface area contributed by atoms with Gasteiger partial charge in [-0.2, -0.15) is 0 Å². The minimum atomic E-state index is -3.67. The SMILES string of the molecule is COc1ccc(C(=O)NS(=O)(=O)C2CCCCC2)cc1-c1ccccn1. The van der Waals surface area contributed by atoms with E-state index in [0.29, 0.717) is 29.8 Å². The Kier molecular flexibility index (Phi) is 5.56. The molecular weight excluding hydrogens is 352 g/mol. The molecule has 0 spiro atoms. The van der Waals surface area contributed by atoms with Crippen LogP contribution in [0.5, 0.6) is 5.75 Å². The van der Waals surface area contributed by atoms with Crippen LogP contribution in [0.3, 0.4) is 0 Å². The van der Waals surface area contributed by atoms with Gasteiger partial charge >= 0.3 is 0 Å². The molecule has 1 aromatic carbocycles. The Morgan fingerprint density at radius 3 is 2.58 bits per heavy atom. The van der Waals surface area contributed by atoms with E-state index >= 15 is 0 Å². The Labute approximate surface area is 153 Å². The van der Waals surface area contributed by atoms with Gasteiger partial charge in [-0.15, -0.1) is 0 Å². The molecule has 1 N–H and O–H groups in total. The Morgan fingerprint density at radius 2 is 1.92 bits per heavy atom. The summed E-state index contributed by atoms with van der Waals surface area (Å²) in [4.78, 5) is 16.8. The van der Waals surface area contributed by atoms with Gasteiger partial charge in [-0.25, -0.2) is 13.1 Å². The highest BCUT2D eigenvalue weighted by atomic mass is 32.2. The van der Waals surface area contributed by atoms with Crippen molar-refractivity contribution in [2.75, 3.05) is 7.11 Å². The van der Waals surface area contributed by atoms with Crippen LogP contribution in [-0.2, 0) is 10.0 Å². The molecule has 0 bridgehead atoms. The third kappa shape index (κ3) is 4.04. The van der Waals surface area contributed by atoms with Crippen LogP contribution in [0.2, 0.25) is 0 Å². The predicted octanol–water partition coefficient (Wildman–Crippen LogP) is 3.15. The zero-order chi connectivity index (χ0) is 18.6. The Balaban J connectivity index is 1.86. The lowest BCUT2D eigenvalue weighted by Gasteiger charge is -2.22. The first kappa shape index (κ1) is 18.4. The van der Waals surface area contributed by atoms with Crippen molar-refractivity contribution < 1.29 is 17.9 Å². The molecule has 2 aromatic rings. The van der Waals surface area contributed by atoms with Crippen LogP contribution in [0.15, 0.2) is 42.6 Å². The summed E-state index contributed by atoms with van der Waals surface area (Å²) >= 11 is 0. The predicted molar refractivity (Wildman–Crippen MR) is 99.5 cm³/mol. The first-order valence-corrected chi connectivity index (χ1v) is 10.2. The molecule has 1 aromatic heterocycles. The summed E-state index contributed by atoms with van der Waals surface area (Å²) in [6.45, 7) is 0. The first-order chi connectivity index (χ1) is 12.5. The Morgan fingerprint density at radius 1 is 1.15 bits per heavy atom. The van der Waals surface area contributed by atoms with E-state index in [2.05, 4.69) is 9.71 Å². The van der Waals surface area contributed by atoms with E-state index in [-0.39, 0.29) is 5.56 Å². The van der Waals surface area contributed by atoms with Crippen molar-refractivity contribution in [2.24, 2.45) is 0 Å². The molecule has 1 aliphatic rings. The maximum absolute atomic E-state index is 12.5. The van der Waals surface area contributed by atoms with Gasteiger partial charge in [0.25, 0.3) is 5.91 Å². The van der Waals surface area contributed by atoms with Crippen LogP contribution >= 0.6 is 0 Å². The zero-order valence-corrected chi connectivity index (χ0v) is 15.5. The quantitative estimate of drug-likeness (QED) is 0.869. The standard InChI is InChI=1S/C19H22N2O4S/c1-25-18-11-10-14(13-16(18)17-9-5-6-12-20-17)19(22)21-26(23,24)15-7-3-2-4-8-15/h5-6,9-13,15H,2-4,7-8H2,1H3,(H,21,22). The van der Waals surface area contributed by atoms with Crippen molar-refractivity contribution in [1.29, 1.82) is 0 Å². The molecule has 3 rings (SSSR count). The van der Waals surface area contributed by atoms with Crippen LogP contribution in [0.25, 0.3) is 11.3 Å². The number of amides is 1. The van der Waals surface area contributed by atoms with Gasteiger partial charge in [0.15, 0.2) is 0 Å². The minimum absolute atomic E-state index is 0.255. The summed E-state index contributed by atoms with van der Waals surface area (Å²) in [6, 6.07) is 10.2. The molecule has 0 unspecified atom stereocenters. The molecule has 138 valence electrons. The topological polar surface area (TPSA) is 85.4 Å². The van der Waals surface area contributed by atoms with Crippen LogP contribution in [0.4, 0.5) is 0 Å². The monoisotopic (exact) mass is 374 g/mol. The summed E-state index contributed by atoms with van der Waals surface area (Å²) in [6.07, 6.45) is 5.66. The van der Waals surface area contributed by atoms with Crippen LogP contribution in [0.1, 0.15) is 42.5 Å². The van der Waals surface area contributed by atoms with E-state index in [1.807, 2.05) is 6.07 Å². The normalized spacial score (nSPS) is 15.4. The highest BCUT2D eigenvalue weighted by Crippen LogP contribution is 2.29. The van der Waals surface area contributed by atoms with E-state index < -0.39 is 21.2 Å². The van der Waals surface area contributed by atoms with E-state index in [9.17, 15) is 13.2 Å².